The Morgan fingerprint density at radius 3 is 3.10 bits per heavy atom. The lowest BCUT2D eigenvalue weighted by Crippen LogP contribution is -2.33. The van der Waals surface area contributed by atoms with Crippen molar-refractivity contribution >= 4 is 0 Å². The zero-order valence-corrected chi connectivity index (χ0v) is 6.00. The van der Waals surface area contributed by atoms with Crippen molar-refractivity contribution in [2.24, 2.45) is 5.73 Å². The molecule has 1 heterocycles. The van der Waals surface area contributed by atoms with E-state index < -0.39 is 0 Å². The van der Waals surface area contributed by atoms with Gasteiger partial charge in [0, 0.05) is 0 Å². The van der Waals surface area contributed by atoms with Crippen molar-refractivity contribution in [3.05, 3.63) is 24.2 Å². The van der Waals surface area contributed by atoms with Crippen molar-refractivity contribution in [2.75, 3.05) is 0 Å². The highest BCUT2D eigenvalue weighted by Crippen LogP contribution is 1.97. The predicted molar refractivity (Wildman–Crippen MR) is 39.2 cm³/mol. The molecule has 1 aromatic rings. The fraction of sp³-hybridized carbons (Fsp3) is 0.429. The van der Waals surface area contributed by atoms with Crippen molar-refractivity contribution in [2.45, 2.75) is 19.6 Å². The number of hydrogen-bond donors (Lipinski definition) is 2. The number of rotatable bonds is 3. The minimum atomic E-state index is 0.0186. The van der Waals surface area contributed by atoms with Gasteiger partial charge in [0.25, 0.3) is 0 Å². The zero-order valence-electron chi connectivity index (χ0n) is 6.00. The van der Waals surface area contributed by atoms with E-state index in [0.29, 0.717) is 6.54 Å². The normalized spacial score (nSPS) is 13.4. The van der Waals surface area contributed by atoms with Crippen molar-refractivity contribution in [3.63, 3.8) is 0 Å². The van der Waals surface area contributed by atoms with Crippen LogP contribution in [0.1, 0.15) is 12.7 Å². The predicted octanol–water partition coefficient (Wildman–Crippen LogP) is 0.674. The van der Waals surface area contributed by atoms with Crippen LogP contribution in [0.25, 0.3) is 0 Å². The Morgan fingerprint density at radius 1 is 1.80 bits per heavy atom. The fourth-order valence-electron chi connectivity index (χ4n) is 0.675. The summed E-state index contributed by atoms with van der Waals surface area (Å²) >= 11 is 0. The SMILES string of the molecule is CC(N)NCc1ccco1. The van der Waals surface area contributed by atoms with Crippen LogP contribution < -0.4 is 11.1 Å². The largest absolute Gasteiger partial charge is 0.468 e. The average molecular weight is 140 g/mol. The molecule has 0 aliphatic heterocycles. The standard InChI is InChI=1S/C7H12N2O/c1-6(8)9-5-7-3-2-4-10-7/h2-4,6,9H,5,8H2,1H3. The minimum absolute atomic E-state index is 0.0186. The van der Waals surface area contributed by atoms with Crippen LogP contribution in [0.3, 0.4) is 0 Å². The fourth-order valence-corrected chi connectivity index (χ4v) is 0.675. The second-order valence-corrected chi connectivity index (χ2v) is 2.25. The van der Waals surface area contributed by atoms with Crippen LogP contribution in [0.15, 0.2) is 22.8 Å². The van der Waals surface area contributed by atoms with E-state index in [1.807, 2.05) is 19.1 Å². The first-order valence-corrected chi connectivity index (χ1v) is 3.30. The summed E-state index contributed by atoms with van der Waals surface area (Å²) in [5.41, 5.74) is 5.46. The van der Waals surface area contributed by atoms with Gasteiger partial charge >= 0.3 is 0 Å². The highest BCUT2D eigenvalue weighted by molar-refractivity contribution is 4.97. The van der Waals surface area contributed by atoms with Gasteiger partial charge in [-0.25, -0.2) is 0 Å². The zero-order chi connectivity index (χ0) is 7.40. The second-order valence-electron chi connectivity index (χ2n) is 2.25. The molecule has 3 nitrogen and oxygen atoms in total. The molecule has 1 aromatic heterocycles. The van der Waals surface area contributed by atoms with Gasteiger partial charge in [0.15, 0.2) is 0 Å². The molecule has 56 valence electrons. The van der Waals surface area contributed by atoms with Gasteiger partial charge in [0.05, 0.1) is 19.0 Å². The Kier molecular flexibility index (Phi) is 2.48. The number of nitrogens with one attached hydrogen (secondary N) is 1. The summed E-state index contributed by atoms with van der Waals surface area (Å²) in [5, 5.41) is 3.03. The van der Waals surface area contributed by atoms with Gasteiger partial charge < -0.3 is 10.2 Å². The maximum atomic E-state index is 5.46. The molecule has 3 heteroatoms. The van der Waals surface area contributed by atoms with E-state index in [9.17, 15) is 0 Å². The van der Waals surface area contributed by atoms with Crippen LogP contribution in [0.5, 0.6) is 0 Å². The molecule has 0 aromatic carbocycles. The molecule has 0 aliphatic rings. The summed E-state index contributed by atoms with van der Waals surface area (Å²) in [6.45, 7) is 2.59. The molecule has 1 atom stereocenters. The van der Waals surface area contributed by atoms with Crippen LogP contribution >= 0.6 is 0 Å². The summed E-state index contributed by atoms with van der Waals surface area (Å²) in [4.78, 5) is 0. The first-order chi connectivity index (χ1) is 4.79. The Morgan fingerprint density at radius 2 is 2.60 bits per heavy atom. The smallest absolute Gasteiger partial charge is 0.117 e. The molecule has 0 saturated carbocycles. The van der Waals surface area contributed by atoms with Crippen LogP contribution in [0.4, 0.5) is 0 Å². The van der Waals surface area contributed by atoms with Gasteiger partial charge in [-0.05, 0) is 19.1 Å². The summed E-state index contributed by atoms with van der Waals surface area (Å²) in [7, 11) is 0. The lowest BCUT2D eigenvalue weighted by molar-refractivity contribution is 0.459. The minimum Gasteiger partial charge on any atom is -0.468 e. The molecule has 10 heavy (non-hydrogen) atoms. The van der Waals surface area contributed by atoms with E-state index >= 15 is 0 Å². The summed E-state index contributed by atoms with van der Waals surface area (Å²) < 4.78 is 5.07. The van der Waals surface area contributed by atoms with Crippen molar-refractivity contribution in [3.8, 4) is 0 Å². The molecule has 1 unspecified atom stereocenters. The Labute approximate surface area is 60.2 Å². The molecule has 0 radical (unpaired) electrons. The van der Waals surface area contributed by atoms with E-state index in [-0.39, 0.29) is 6.17 Å². The molecular weight excluding hydrogens is 128 g/mol. The molecule has 0 saturated heterocycles. The number of furan rings is 1. The molecule has 0 amide bonds. The third-order valence-electron chi connectivity index (χ3n) is 1.18. The van der Waals surface area contributed by atoms with Gasteiger partial charge in [-0.1, -0.05) is 0 Å². The van der Waals surface area contributed by atoms with Crippen molar-refractivity contribution < 1.29 is 4.42 Å². The quantitative estimate of drug-likeness (QED) is 0.607. The highest BCUT2D eigenvalue weighted by Gasteiger charge is 1.95. The molecule has 3 N–H and O–H groups in total. The van der Waals surface area contributed by atoms with Crippen molar-refractivity contribution in [1.29, 1.82) is 0 Å². The van der Waals surface area contributed by atoms with E-state index in [0.717, 1.165) is 5.76 Å². The summed E-state index contributed by atoms with van der Waals surface area (Å²) in [5.74, 6) is 0.914. The van der Waals surface area contributed by atoms with Crippen LogP contribution in [0.2, 0.25) is 0 Å². The first-order valence-electron chi connectivity index (χ1n) is 3.30. The first kappa shape index (κ1) is 7.31. The Hall–Kier alpha value is -0.800. The Balaban J connectivity index is 2.28. The third-order valence-corrected chi connectivity index (χ3v) is 1.18. The van der Waals surface area contributed by atoms with Gasteiger partial charge in [-0.3, -0.25) is 5.32 Å². The Bertz CT molecular complexity index is 170. The molecule has 0 fully saturated rings. The molecular formula is C7H12N2O. The van der Waals surface area contributed by atoms with Gasteiger partial charge in [0.1, 0.15) is 5.76 Å². The molecule has 0 bridgehead atoms. The number of hydrogen-bond acceptors (Lipinski definition) is 3. The summed E-state index contributed by atoms with van der Waals surface area (Å²) in [6.07, 6.45) is 1.67. The van der Waals surface area contributed by atoms with E-state index in [1.54, 1.807) is 6.26 Å². The second kappa shape index (κ2) is 3.39. The maximum Gasteiger partial charge on any atom is 0.117 e. The van der Waals surface area contributed by atoms with Gasteiger partial charge in [-0.2, -0.15) is 0 Å². The lowest BCUT2D eigenvalue weighted by Gasteiger charge is -2.04. The van der Waals surface area contributed by atoms with E-state index in [1.165, 1.54) is 0 Å². The monoisotopic (exact) mass is 140 g/mol. The van der Waals surface area contributed by atoms with Gasteiger partial charge in [-0.15, -0.1) is 0 Å². The maximum absolute atomic E-state index is 5.46. The van der Waals surface area contributed by atoms with E-state index in [2.05, 4.69) is 5.32 Å². The summed E-state index contributed by atoms with van der Waals surface area (Å²) in [6, 6.07) is 3.77. The van der Waals surface area contributed by atoms with Crippen LogP contribution in [0, 0.1) is 0 Å². The highest BCUT2D eigenvalue weighted by atomic mass is 16.3. The lowest BCUT2D eigenvalue weighted by atomic mass is 10.4. The van der Waals surface area contributed by atoms with Crippen LogP contribution in [-0.2, 0) is 6.54 Å². The molecule has 0 spiro atoms. The third kappa shape index (κ3) is 2.21. The van der Waals surface area contributed by atoms with Crippen LogP contribution in [-0.4, -0.2) is 6.17 Å². The topological polar surface area (TPSA) is 51.2 Å². The molecule has 1 rings (SSSR count). The van der Waals surface area contributed by atoms with Gasteiger partial charge in [0.2, 0.25) is 0 Å². The average Bonchev–Trinajstić information content (AvgIpc) is 2.34. The van der Waals surface area contributed by atoms with E-state index in [4.69, 9.17) is 10.2 Å². The molecule has 0 aliphatic carbocycles. The number of nitrogens with two attached hydrogens (primary N) is 1. The van der Waals surface area contributed by atoms with Crippen molar-refractivity contribution in [1.82, 2.24) is 5.32 Å².